The van der Waals surface area contributed by atoms with Crippen LogP contribution in [0.25, 0.3) is 11.3 Å². The predicted molar refractivity (Wildman–Crippen MR) is 101 cm³/mol. The van der Waals surface area contributed by atoms with E-state index in [9.17, 15) is 28.0 Å². The van der Waals surface area contributed by atoms with Crippen molar-refractivity contribution in [1.82, 2.24) is 4.57 Å². The summed E-state index contributed by atoms with van der Waals surface area (Å²) in [6.07, 6.45) is -4.84. The Kier molecular flexibility index (Phi) is 5.37. The Morgan fingerprint density at radius 1 is 1.07 bits per heavy atom. The summed E-state index contributed by atoms with van der Waals surface area (Å²) >= 11 is 0. The fourth-order valence-electron chi connectivity index (χ4n) is 3.01. The van der Waals surface area contributed by atoms with Crippen LogP contribution in [0.4, 0.5) is 13.2 Å². The molecule has 0 fully saturated rings. The van der Waals surface area contributed by atoms with E-state index >= 15 is 0 Å². The van der Waals surface area contributed by atoms with E-state index in [-0.39, 0.29) is 18.0 Å². The zero-order valence-electron chi connectivity index (χ0n) is 15.3. The Hall–Kier alpha value is -3.66. The molecule has 0 amide bonds. The van der Waals surface area contributed by atoms with Gasteiger partial charge in [-0.15, -0.1) is 0 Å². The van der Waals surface area contributed by atoms with Gasteiger partial charge in [-0.25, -0.2) is 0 Å². The van der Waals surface area contributed by atoms with Crippen LogP contribution in [0.3, 0.4) is 0 Å². The van der Waals surface area contributed by atoms with Gasteiger partial charge in [-0.3, -0.25) is 9.59 Å². The molecule has 29 heavy (non-hydrogen) atoms. The summed E-state index contributed by atoms with van der Waals surface area (Å²) in [5, 5.41) is 9.21. The molecule has 0 aliphatic heterocycles. The molecule has 0 saturated heterocycles. The lowest BCUT2D eigenvalue weighted by Gasteiger charge is -2.18. The monoisotopic (exact) mass is 396 g/mol. The van der Waals surface area contributed by atoms with Crippen molar-refractivity contribution in [3.63, 3.8) is 0 Å². The van der Waals surface area contributed by atoms with Crippen LogP contribution in [-0.2, 0) is 12.7 Å². The van der Waals surface area contributed by atoms with Crippen LogP contribution in [0.15, 0.2) is 65.5 Å². The summed E-state index contributed by atoms with van der Waals surface area (Å²) in [6.45, 7) is 1.37. The average molecular weight is 396 g/mol. The van der Waals surface area contributed by atoms with Gasteiger partial charge in [0.15, 0.2) is 5.78 Å². The minimum atomic E-state index is -4.84. The number of benzene rings is 2. The quantitative estimate of drug-likeness (QED) is 0.603. The number of rotatable bonds is 4. The normalized spacial score (nSPS) is 11.1. The summed E-state index contributed by atoms with van der Waals surface area (Å²) < 4.78 is 41.5. The van der Waals surface area contributed by atoms with Crippen molar-refractivity contribution in [3.05, 3.63) is 93.3 Å². The van der Waals surface area contributed by atoms with Gasteiger partial charge in [0, 0.05) is 5.56 Å². The van der Waals surface area contributed by atoms with Crippen molar-refractivity contribution in [3.8, 4) is 17.3 Å². The number of Topliss-reactive ketones (excluding diaryl/α,β-unsaturated/α-hetero) is 1. The van der Waals surface area contributed by atoms with Crippen LogP contribution < -0.4 is 5.56 Å². The second-order valence-electron chi connectivity index (χ2n) is 6.44. The van der Waals surface area contributed by atoms with Crippen molar-refractivity contribution in [2.75, 3.05) is 0 Å². The van der Waals surface area contributed by atoms with Gasteiger partial charge in [0.25, 0.3) is 5.56 Å². The highest BCUT2D eigenvalue weighted by molar-refractivity contribution is 5.94. The van der Waals surface area contributed by atoms with Crippen LogP contribution in [0, 0.1) is 11.3 Å². The molecule has 4 nitrogen and oxygen atoms in total. The Labute approximate surface area is 164 Å². The average Bonchev–Trinajstić information content (AvgIpc) is 2.69. The Morgan fingerprint density at radius 3 is 2.21 bits per heavy atom. The molecule has 0 spiro atoms. The van der Waals surface area contributed by atoms with Gasteiger partial charge in [-0.05, 0) is 24.1 Å². The number of hydrogen-bond acceptors (Lipinski definition) is 3. The Balaban J connectivity index is 2.23. The molecule has 1 aromatic heterocycles. The highest BCUT2D eigenvalue weighted by Gasteiger charge is 2.36. The van der Waals surface area contributed by atoms with E-state index in [2.05, 4.69) is 0 Å². The number of nitriles is 1. The van der Waals surface area contributed by atoms with Crippen molar-refractivity contribution < 1.29 is 18.0 Å². The third-order valence-corrected chi connectivity index (χ3v) is 4.49. The minimum Gasteiger partial charge on any atom is -0.303 e. The number of alkyl halides is 3. The van der Waals surface area contributed by atoms with Gasteiger partial charge in [-0.2, -0.15) is 18.4 Å². The first-order valence-electron chi connectivity index (χ1n) is 8.63. The van der Waals surface area contributed by atoms with Gasteiger partial charge in [0.2, 0.25) is 0 Å². The van der Waals surface area contributed by atoms with Crippen LogP contribution in [0.2, 0.25) is 0 Å². The predicted octanol–water partition coefficient (Wildman–Crippen LogP) is 4.66. The van der Waals surface area contributed by atoms with Gasteiger partial charge in [0.05, 0.1) is 17.8 Å². The van der Waals surface area contributed by atoms with Crippen molar-refractivity contribution in [1.29, 1.82) is 5.26 Å². The number of halogens is 3. The molecule has 0 aliphatic rings. The number of pyridine rings is 1. The summed E-state index contributed by atoms with van der Waals surface area (Å²) in [5.74, 6) is -0.125. The molecular weight excluding hydrogens is 381 g/mol. The molecule has 1 heterocycles. The first kappa shape index (κ1) is 20.1. The van der Waals surface area contributed by atoms with Gasteiger partial charge >= 0.3 is 6.18 Å². The zero-order chi connectivity index (χ0) is 21.2. The molecule has 0 saturated carbocycles. The molecule has 146 valence electrons. The van der Waals surface area contributed by atoms with E-state index in [0.29, 0.717) is 16.7 Å². The lowest BCUT2D eigenvalue weighted by molar-refractivity contribution is -0.137. The zero-order valence-corrected chi connectivity index (χ0v) is 15.3. The maximum absolute atomic E-state index is 13.5. The Morgan fingerprint density at radius 2 is 1.69 bits per heavy atom. The standard InChI is InChI=1S/C22H15F3N2O2/c1-14(28)16-9-7-15(8-10-16)13-27-20(17-5-3-2-4-6-17)11-19(22(23,24)25)18(12-26)21(27)29/h2-11H,13H2,1H3. The molecular formula is C22H15F3N2O2. The van der Waals surface area contributed by atoms with E-state index in [4.69, 9.17) is 0 Å². The highest BCUT2D eigenvalue weighted by Crippen LogP contribution is 2.33. The molecule has 0 bridgehead atoms. The molecule has 0 N–H and O–H groups in total. The maximum atomic E-state index is 13.5. The van der Waals surface area contributed by atoms with E-state index in [0.717, 1.165) is 10.6 Å². The smallest absolute Gasteiger partial charge is 0.303 e. The SMILES string of the molecule is CC(=O)c1ccc(Cn2c(-c3ccccc3)cc(C(F)(F)F)c(C#N)c2=O)cc1. The van der Waals surface area contributed by atoms with E-state index in [1.165, 1.54) is 13.0 Å². The molecule has 0 radical (unpaired) electrons. The number of nitrogens with zero attached hydrogens (tertiary/aromatic N) is 2. The largest absolute Gasteiger partial charge is 0.417 e. The summed E-state index contributed by atoms with van der Waals surface area (Å²) in [6, 6.07) is 16.9. The fourth-order valence-corrected chi connectivity index (χ4v) is 3.01. The third kappa shape index (κ3) is 4.11. The highest BCUT2D eigenvalue weighted by atomic mass is 19.4. The van der Waals surface area contributed by atoms with E-state index in [1.54, 1.807) is 54.6 Å². The first-order valence-corrected chi connectivity index (χ1v) is 8.63. The van der Waals surface area contributed by atoms with Crippen LogP contribution in [0.1, 0.15) is 34.0 Å². The fraction of sp³-hybridized carbons (Fsp3) is 0.136. The summed E-state index contributed by atoms with van der Waals surface area (Å²) in [4.78, 5) is 24.3. The van der Waals surface area contributed by atoms with Crippen LogP contribution >= 0.6 is 0 Å². The van der Waals surface area contributed by atoms with Gasteiger partial charge < -0.3 is 4.57 Å². The molecule has 0 atom stereocenters. The molecule has 0 aliphatic carbocycles. The van der Waals surface area contributed by atoms with Crippen molar-refractivity contribution in [2.24, 2.45) is 0 Å². The van der Waals surface area contributed by atoms with Gasteiger partial charge in [-0.1, -0.05) is 54.6 Å². The molecule has 3 rings (SSSR count). The lowest BCUT2D eigenvalue weighted by atomic mass is 10.0. The number of carbonyl (C=O) groups is 1. The third-order valence-electron chi connectivity index (χ3n) is 4.49. The minimum absolute atomic E-state index is 0.0476. The maximum Gasteiger partial charge on any atom is 0.417 e. The summed E-state index contributed by atoms with van der Waals surface area (Å²) in [7, 11) is 0. The van der Waals surface area contributed by atoms with Crippen LogP contribution in [0.5, 0.6) is 0 Å². The van der Waals surface area contributed by atoms with E-state index in [1.807, 2.05) is 0 Å². The molecule has 2 aromatic carbocycles. The Bertz CT molecular complexity index is 1160. The van der Waals surface area contributed by atoms with Crippen molar-refractivity contribution >= 4 is 5.78 Å². The van der Waals surface area contributed by atoms with Crippen LogP contribution in [-0.4, -0.2) is 10.4 Å². The first-order chi connectivity index (χ1) is 13.7. The number of carbonyl (C=O) groups excluding carboxylic acids is 1. The lowest BCUT2D eigenvalue weighted by Crippen LogP contribution is -2.28. The number of ketones is 1. The van der Waals surface area contributed by atoms with Crippen molar-refractivity contribution in [2.45, 2.75) is 19.6 Å². The molecule has 0 unspecified atom stereocenters. The number of aromatic nitrogens is 1. The second-order valence-corrected chi connectivity index (χ2v) is 6.44. The topological polar surface area (TPSA) is 62.9 Å². The summed E-state index contributed by atoms with van der Waals surface area (Å²) in [5.41, 5.74) is -1.66. The van der Waals surface area contributed by atoms with E-state index < -0.39 is 22.9 Å². The second kappa shape index (κ2) is 7.76. The molecule has 3 aromatic rings. The molecule has 7 heteroatoms. The van der Waals surface area contributed by atoms with Gasteiger partial charge in [0.1, 0.15) is 11.6 Å². The number of hydrogen-bond donors (Lipinski definition) is 0.